The minimum absolute atomic E-state index is 0.277. The van der Waals surface area contributed by atoms with Gasteiger partial charge in [0.25, 0.3) is 11.6 Å². The summed E-state index contributed by atoms with van der Waals surface area (Å²) in [6.07, 6.45) is 4.32. The zero-order valence-electron chi connectivity index (χ0n) is 13.7. The number of rotatable bonds is 2. The van der Waals surface area contributed by atoms with Crippen LogP contribution in [0, 0.1) is 5.82 Å². The molecule has 2 aliphatic rings. The monoisotopic (exact) mass is 325 g/mol. The molecule has 0 aliphatic carbocycles. The summed E-state index contributed by atoms with van der Waals surface area (Å²) in [6.45, 7) is 1.30. The average molecular weight is 325 g/mol. The molecule has 0 fully saturated rings. The molecule has 24 heavy (non-hydrogen) atoms. The SMILES string of the molecule is OC1(c2ccc(F)cc2)CN(c2ccccc2)C2=[N+]1CCCCC2. The van der Waals surface area contributed by atoms with Crippen LogP contribution in [-0.4, -0.2) is 28.6 Å². The second kappa shape index (κ2) is 6.02. The standard InChI is InChI=1S/C20H22FN2O/c21-17-12-10-16(11-13-17)20(24)15-22(18-7-3-1-4-8-18)19-9-5-2-6-14-23(19)20/h1,3-4,7-8,10-13,24H,2,5-6,9,14-15H2/q+1. The van der Waals surface area contributed by atoms with Gasteiger partial charge >= 0.3 is 0 Å². The first-order valence-electron chi connectivity index (χ1n) is 8.63. The zero-order valence-corrected chi connectivity index (χ0v) is 13.7. The number of hydrogen-bond acceptors (Lipinski definition) is 2. The molecule has 0 spiro atoms. The fraction of sp³-hybridized carbons (Fsp3) is 0.350. The Bertz CT molecular complexity index is 757. The molecule has 0 amide bonds. The molecule has 4 heteroatoms. The Labute approximate surface area is 141 Å². The van der Waals surface area contributed by atoms with Crippen LogP contribution in [0.4, 0.5) is 10.1 Å². The van der Waals surface area contributed by atoms with E-state index in [9.17, 15) is 9.50 Å². The van der Waals surface area contributed by atoms with Crippen molar-refractivity contribution in [3.8, 4) is 0 Å². The van der Waals surface area contributed by atoms with Gasteiger partial charge in [0.05, 0.1) is 6.54 Å². The Morgan fingerprint density at radius 1 is 0.958 bits per heavy atom. The number of anilines is 1. The highest BCUT2D eigenvalue weighted by atomic mass is 19.1. The smallest absolute Gasteiger partial charge is 0.271 e. The van der Waals surface area contributed by atoms with Crippen molar-refractivity contribution in [3.05, 3.63) is 66.0 Å². The highest BCUT2D eigenvalue weighted by Gasteiger charge is 2.51. The predicted molar refractivity (Wildman–Crippen MR) is 92.7 cm³/mol. The van der Waals surface area contributed by atoms with Gasteiger partial charge in [-0.15, -0.1) is 0 Å². The van der Waals surface area contributed by atoms with Crippen LogP contribution in [0.15, 0.2) is 54.6 Å². The molecule has 4 rings (SSSR count). The number of aliphatic hydroxyl groups is 1. The summed E-state index contributed by atoms with van der Waals surface area (Å²) >= 11 is 0. The lowest BCUT2D eigenvalue weighted by molar-refractivity contribution is -0.658. The van der Waals surface area contributed by atoms with Gasteiger partial charge < -0.3 is 5.11 Å². The maximum atomic E-state index is 13.3. The summed E-state index contributed by atoms with van der Waals surface area (Å²) < 4.78 is 15.5. The summed E-state index contributed by atoms with van der Waals surface area (Å²) in [7, 11) is 0. The second-order valence-corrected chi connectivity index (χ2v) is 6.62. The van der Waals surface area contributed by atoms with Crippen molar-refractivity contribution in [1.29, 1.82) is 0 Å². The van der Waals surface area contributed by atoms with Crippen LogP contribution in [0.3, 0.4) is 0 Å². The third-order valence-electron chi connectivity index (χ3n) is 5.10. The minimum Gasteiger partial charge on any atom is -0.346 e. The van der Waals surface area contributed by atoms with E-state index in [2.05, 4.69) is 21.6 Å². The molecule has 3 nitrogen and oxygen atoms in total. The zero-order chi connectivity index (χ0) is 16.6. The van der Waals surface area contributed by atoms with E-state index in [0.29, 0.717) is 6.54 Å². The van der Waals surface area contributed by atoms with Gasteiger partial charge in [-0.2, -0.15) is 0 Å². The summed E-state index contributed by atoms with van der Waals surface area (Å²) in [5, 5.41) is 11.5. The highest BCUT2D eigenvalue weighted by molar-refractivity contribution is 5.95. The number of benzene rings is 2. The van der Waals surface area contributed by atoms with E-state index in [1.807, 2.05) is 18.2 Å². The van der Waals surface area contributed by atoms with Gasteiger partial charge in [-0.3, -0.25) is 0 Å². The molecule has 1 unspecified atom stereocenters. The maximum Gasteiger partial charge on any atom is 0.271 e. The number of nitrogens with zero attached hydrogens (tertiary/aromatic N) is 2. The Morgan fingerprint density at radius 2 is 1.71 bits per heavy atom. The van der Waals surface area contributed by atoms with Crippen LogP contribution in [0.25, 0.3) is 0 Å². The van der Waals surface area contributed by atoms with Crippen molar-refractivity contribution >= 4 is 11.5 Å². The largest absolute Gasteiger partial charge is 0.346 e. The number of amidine groups is 1. The van der Waals surface area contributed by atoms with Crippen LogP contribution in [0.2, 0.25) is 0 Å². The molecule has 0 saturated heterocycles. The van der Waals surface area contributed by atoms with Crippen LogP contribution < -0.4 is 4.90 Å². The molecular formula is C20H22FN2O+. The normalized spacial score (nSPS) is 24.0. The van der Waals surface area contributed by atoms with Gasteiger partial charge in [0.1, 0.15) is 11.5 Å². The van der Waals surface area contributed by atoms with E-state index >= 15 is 0 Å². The molecule has 2 heterocycles. The van der Waals surface area contributed by atoms with Crippen molar-refractivity contribution in [3.63, 3.8) is 0 Å². The molecule has 1 atom stereocenters. The van der Waals surface area contributed by atoms with Crippen molar-refractivity contribution in [2.45, 2.75) is 31.4 Å². The molecule has 0 aromatic heterocycles. The van der Waals surface area contributed by atoms with Crippen molar-refractivity contribution < 1.29 is 14.1 Å². The van der Waals surface area contributed by atoms with E-state index in [1.165, 1.54) is 24.4 Å². The number of hydrogen-bond donors (Lipinski definition) is 1. The number of β-amino-alcohol motifs (C(OH)–C–C–N with tert-alkyl or cyclic N) is 1. The Hall–Kier alpha value is -2.20. The third-order valence-corrected chi connectivity index (χ3v) is 5.10. The van der Waals surface area contributed by atoms with Crippen LogP contribution in [0.5, 0.6) is 0 Å². The van der Waals surface area contributed by atoms with E-state index in [1.54, 1.807) is 12.1 Å². The Morgan fingerprint density at radius 3 is 2.46 bits per heavy atom. The Balaban J connectivity index is 1.81. The molecule has 1 N–H and O–H groups in total. The fourth-order valence-electron chi connectivity index (χ4n) is 3.88. The molecule has 0 bridgehead atoms. The van der Waals surface area contributed by atoms with Crippen molar-refractivity contribution in [2.75, 3.05) is 18.0 Å². The fourth-order valence-corrected chi connectivity index (χ4v) is 3.88. The van der Waals surface area contributed by atoms with Gasteiger partial charge in [0.15, 0.2) is 6.54 Å². The lowest BCUT2D eigenvalue weighted by Crippen LogP contribution is -2.41. The molecule has 0 saturated carbocycles. The summed E-state index contributed by atoms with van der Waals surface area (Å²) in [6, 6.07) is 16.4. The first-order chi connectivity index (χ1) is 11.7. The molecule has 2 aromatic rings. The topological polar surface area (TPSA) is 26.5 Å². The maximum absolute atomic E-state index is 13.3. The lowest BCUT2D eigenvalue weighted by Gasteiger charge is -2.23. The third kappa shape index (κ3) is 2.51. The van der Waals surface area contributed by atoms with Gasteiger partial charge in [-0.05, 0) is 55.7 Å². The van der Waals surface area contributed by atoms with Crippen LogP contribution >= 0.6 is 0 Å². The van der Waals surface area contributed by atoms with Gasteiger partial charge in [-0.1, -0.05) is 18.2 Å². The van der Waals surface area contributed by atoms with E-state index in [0.717, 1.165) is 37.1 Å². The predicted octanol–water partition coefficient (Wildman–Crippen LogP) is 3.48. The molecule has 2 aliphatic heterocycles. The van der Waals surface area contributed by atoms with Crippen molar-refractivity contribution in [1.82, 2.24) is 0 Å². The first-order valence-corrected chi connectivity index (χ1v) is 8.63. The average Bonchev–Trinajstić information content (AvgIpc) is 2.77. The first kappa shape index (κ1) is 15.3. The molecule has 2 aromatic carbocycles. The van der Waals surface area contributed by atoms with Crippen LogP contribution in [0.1, 0.15) is 31.2 Å². The second-order valence-electron chi connectivity index (χ2n) is 6.62. The van der Waals surface area contributed by atoms with Gasteiger partial charge in [-0.25, -0.2) is 13.9 Å². The molecule has 0 radical (unpaired) electrons. The van der Waals surface area contributed by atoms with E-state index < -0.39 is 5.72 Å². The quantitative estimate of drug-likeness (QED) is 0.856. The lowest BCUT2D eigenvalue weighted by atomic mass is 10.0. The van der Waals surface area contributed by atoms with E-state index in [-0.39, 0.29) is 5.82 Å². The number of para-hydroxylation sites is 1. The summed E-state index contributed by atoms with van der Waals surface area (Å²) in [5.74, 6) is 0.894. The summed E-state index contributed by atoms with van der Waals surface area (Å²) in [4.78, 5) is 2.22. The summed E-state index contributed by atoms with van der Waals surface area (Å²) in [5.41, 5.74) is 0.739. The Kier molecular flexibility index (Phi) is 3.85. The highest BCUT2D eigenvalue weighted by Crippen LogP contribution is 2.35. The molecular weight excluding hydrogens is 303 g/mol. The van der Waals surface area contributed by atoms with Crippen LogP contribution in [-0.2, 0) is 5.72 Å². The van der Waals surface area contributed by atoms with Gasteiger partial charge in [0.2, 0.25) is 0 Å². The van der Waals surface area contributed by atoms with Crippen molar-refractivity contribution in [2.24, 2.45) is 0 Å². The number of halogens is 1. The van der Waals surface area contributed by atoms with Gasteiger partial charge in [0, 0.05) is 12.0 Å². The van der Waals surface area contributed by atoms with E-state index in [4.69, 9.17) is 0 Å². The minimum atomic E-state index is -1.11. The molecule has 124 valence electrons.